The molecule has 0 spiro atoms. The number of carboxylic acids is 3. The number of aliphatic carboxylic acids is 3. The molecular weight excluding hydrogens is 1750 g/mol. The number of imide groups is 1. The molecule has 1 heterocycles. The summed E-state index contributed by atoms with van der Waals surface area (Å²) in [6, 6.07) is 6.93. The number of aliphatic hydroxyl groups excluding tert-OH is 4. The molecule has 0 bridgehead atoms. The van der Waals surface area contributed by atoms with Gasteiger partial charge >= 0.3 is 17.9 Å². The Hall–Kier alpha value is -11.2. The van der Waals surface area contributed by atoms with Gasteiger partial charge in [-0.25, -0.2) is 0 Å². The molecule has 0 aromatic heterocycles. The van der Waals surface area contributed by atoms with Crippen molar-refractivity contribution < 1.29 is 142 Å². The van der Waals surface area contributed by atoms with E-state index in [9.17, 15) is 142 Å². The van der Waals surface area contributed by atoms with Crippen molar-refractivity contribution in [3.8, 4) is 11.5 Å². The van der Waals surface area contributed by atoms with Gasteiger partial charge in [-0.3, -0.25) is 101 Å². The van der Waals surface area contributed by atoms with Crippen molar-refractivity contribution in [1.82, 2.24) is 47.4 Å². The highest BCUT2D eigenvalue weighted by molar-refractivity contribution is 8.14. The van der Waals surface area contributed by atoms with E-state index in [0.717, 1.165) is 48.7 Å². The minimum atomic E-state index is -2.05. The number of nitrogens with two attached hydrogens (primary N) is 1. The van der Waals surface area contributed by atoms with Crippen LogP contribution in [0.2, 0.25) is 0 Å². The van der Waals surface area contributed by atoms with Gasteiger partial charge in [0.15, 0.2) is 40.5 Å². The van der Waals surface area contributed by atoms with Crippen molar-refractivity contribution in [3.05, 3.63) is 95.6 Å². The van der Waals surface area contributed by atoms with E-state index in [1.807, 2.05) is 6.92 Å². The summed E-state index contributed by atoms with van der Waals surface area (Å²) >= 11 is 1.65. The number of phenols is 2. The molecule has 1 fully saturated rings. The molecule has 0 radical (unpaired) electrons. The van der Waals surface area contributed by atoms with E-state index in [1.54, 1.807) is 58.0 Å². The van der Waals surface area contributed by atoms with Crippen molar-refractivity contribution in [3.63, 3.8) is 0 Å². The summed E-state index contributed by atoms with van der Waals surface area (Å²) in [6.45, 7) is 8.90. The Balaban J connectivity index is 1.53. The van der Waals surface area contributed by atoms with Crippen molar-refractivity contribution in [2.75, 3.05) is 50.1 Å². The van der Waals surface area contributed by atoms with Gasteiger partial charge in [-0.1, -0.05) is 120 Å². The number of benzene rings is 3. The summed E-state index contributed by atoms with van der Waals surface area (Å²) < 4.78 is 0. The Morgan fingerprint density at radius 2 is 0.924 bits per heavy atom. The first-order valence-electron chi connectivity index (χ1n) is 43.5. The Morgan fingerprint density at radius 3 is 1.44 bits per heavy atom. The van der Waals surface area contributed by atoms with Gasteiger partial charge in [0.2, 0.25) is 53.2 Å². The maximum Gasteiger partial charge on any atom is 0.305 e. The second kappa shape index (κ2) is 57.8. The number of aromatic hydroxyl groups is 2. The number of nitrogens with one attached hydrogen (secondary N) is 8. The van der Waals surface area contributed by atoms with Gasteiger partial charge in [-0.05, 0) is 118 Å². The van der Waals surface area contributed by atoms with Crippen LogP contribution < -0.4 is 48.3 Å². The number of carbonyl (C=O) groups is 20. The molecule has 19 N–H and O–H groups in total. The molecule has 4 rings (SSSR count). The topological polar surface area (TPSA) is 649 Å². The molecule has 41 heteroatoms. The quantitative estimate of drug-likeness (QED) is 0.0357. The summed E-state index contributed by atoms with van der Waals surface area (Å²) in [6.07, 6.45) is -10.3. The second-order valence-electron chi connectivity index (χ2n) is 33.5. The maximum atomic E-state index is 14.8. The van der Waals surface area contributed by atoms with Crippen molar-refractivity contribution in [2.24, 2.45) is 53.1 Å². The number of hydrogen-bond donors (Lipinski definition) is 18. The van der Waals surface area contributed by atoms with E-state index >= 15 is 0 Å². The molecule has 3 aromatic rings. The van der Waals surface area contributed by atoms with Gasteiger partial charge < -0.3 is 94.2 Å². The molecule has 3 aromatic carbocycles. The SMILES string of the molecule is CC[C@H](C)[C@H](CC(=O)[C@H](CO)NC(=O)[C@@H](CC(=O)[C@H](CC(=O)O)NC(=O)[C@H](CO)CC(=O)C(NC(=O)[C@@H](CC(=O)[C@@H](NC(=O)CCC(=O)[C@H](CCC(=O)O)NC(=O)CSCC(=O)NCCN1C(=O)CSC1=O)[C@@H](C)O)Cc1ccccc1)[C@H](C)O)Cc1ccc(O)cc1)C(=O)N[C@H](Cc1ccc(O)cc1)C(=O)C[C@@H](CC(C)C)C(=O)N[C@@H](CC(=O)O)C(=O)C[C@H](C)CCCCN. The minimum absolute atomic E-state index is 0.0165. The van der Waals surface area contributed by atoms with Crippen LogP contribution in [0.3, 0.4) is 0 Å². The Labute approximate surface area is 767 Å². The van der Waals surface area contributed by atoms with Crippen molar-refractivity contribution >= 4 is 140 Å². The minimum Gasteiger partial charge on any atom is -0.508 e. The van der Waals surface area contributed by atoms with E-state index in [0.29, 0.717) is 30.5 Å². The molecular formula is C90H126N10O29S2. The molecule has 16 atom stereocenters. The first kappa shape index (κ1) is 112. The number of amides is 10. The summed E-state index contributed by atoms with van der Waals surface area (Å²) in [5.74, 6) is -27.9. The Bertz CT molecular complexity index is 4410. The highest BCUT2D eigenvalue weighted by Gasteiger charge is 2.41. The first-order chi connectivity index (χ1) is 61.9. The average Bonchev–Trinajstić information content (AvgIpc) is 1.29. The summed E-state index contributed by atoms with van der Waals surface area (Å²) in [7, 11) is 0. The molecule has 0 saturated carbocycles. The van der Waals surface area contributed by atoms with E-state index in [1.165, 1.54) is 48.5 Å². The lowest BCUT2D eigenvalue weighted by atomic mass is 9.84. The lowest BCUT2D eigenvalue weighted by Gasteiger charge is -2.28. The van der Waals surface area contributed by atoms with Gasteiger partial charge in [-0.2, -0.15) is 0 Å². The number of Topliss-reactive ketones (excluding diaryl/α,β-unsaturated/α-hetero) is 7. The fourth-order valence-corrected chi connectivity index (χ4v) is 16.0. The predicted molar refractivity (Wildman–Crippen MR) is 477 cm³/mol. The molecule has 131 heavy (non-hydrogen) atoms. The van der Waals surface area contributed by atoms with Gasteiger partial charge in [-0.15, -0.1) is 11.8 Å². The number of carbonyl (C=O) groups excluding carboxylic acids is 17. The zero-order chi connectivity index (χ0) is 97.9. The number of ketones is 7. The number of carboxylic acid groups (broad SMARTS) is 3. The number of hydrogen-bond acceptors (Lipinski definition) is 29. The maximum absolute atomic E-state index is 14.8. The van der Waals surface area contributed by atoms with E-state index in [4.69, 9.17) is 5.73 Å². The first-order valence-corrected chi connectivity index (χ1v) is 45.7. The van der Waals surface area contributed by atoms with Crippen LogP contribution in [0.15, 0.2) is 78.9 Å². The third-order valence-corrected chi connectivity index (χ3v) is 23.9. The smallest absolute Gasteiger partial charge is 0.305 e. The third kappa shape index (κ3) is 41.0. The van der Waals surface area contributed by atoms with Crippen LogP contribution >= 0.6 is 23.5 Å². The molecule has 1 aliphatic rings. The zero-order valence-corrected chi connectivity index (χ0v) is 76.3. The monoisotopic (exact) mass is 1870 g/mol. The van der Waals surface area contributed by atoms with Gasteiger partial charge in [0.25, 0.3) is 5.24 Å². The van der Waals surface area contributed by atoms with E-state index < -0.39 is 297 Å². The fourth-order valence-electron chi connectivity index (χ4n) is 14.6. The highest BCUT2D eigenvalue weighted by Crippen LogP contribution is 2.28. The number of aliphatic hydroxyl groups is 4. The number of rotatable bonds is 66. The van der Waals surface area contributed by atoms with Crippen LogP contribution in [-0.2, 0) is 110 Å². The fraction of sp³-hybridized carbons (Fsp3) is 0.578. The molecule has 0 aliphatic carbocycles. The van der Waals surface area contributed by atoms with Crippen molar-refractivity contribution in [1.29, 1.82) is 0 Å². The van der Waals surface area contributed by atoms with Gasteiger partial charge in [0.1, 0.15) is 29.6 Å². The molecule has 39 nitrogen and oxygen atoms in total. The molecule has 1 saturated heterocycles. The van der Waals surface area contributed by atoms with Gasteiger partial charge in [0.05, 0.1) is 85.6 Å². The van der Waals surface area contributed by atoms with Crippen LogP contribution in [0.5, 0.6) is 11.5 Å². The average molecular weight is 1880 g/mol. The molecule has 722 valence electrons. The van der Waals surface area contributed by atoms with E-state index in [2.05, 4.69) is 42.5 Å². The molecule has 1 unspecified atom stereocenters. The van der Waals surface area contributed by atoms with Gasteiger partial charge in [0, 0.05) is 94.5 Å². The summed E-state index contributed by atoms with van der Waals surface area (Å²) in [5, 5.41) is 112. The van der Waals surface area contributed by atoms with Crippen LogP contribution in [0.4, 0.5) is 4.79 Å². The van der Waals surface area contributed by atoms with Crippen LogP contribution in [0.25, 0.3) is 0 Å². The molecule has 1 aliphatic heterocycles. The summed E-state index contributed by atoms with van der Waals surface area (Å²) in [4.78, 5) is 272. The largest absolute Gasteiger partial charge is 0.508 e. The van der Waals surface area contributed by atoms with E-state index in [-0.39, 0.29) is 91.4 Å². The summed E-state index contributed by atoms with van der Waals surface area (Å²) in [5.41, 5.74) is 6.79. The number of phenolic OH excluding ortho intramolecular Hbond substituents is 2. The lowest BCUT2D eigenvalue weighted by Crippen LogP contribution is -2.53. The Kier molecular flexibility index (Phi) is 49.5. The van der Waals surface area contributed by atoms with Crippen LogP contribution in [-0.4, -0.2) is 272 Å². The van der Waals surface area contributed by atoms with Crippen LogP contribution in [0, 0.1) is 47.3 Å². The number of unbranched alkanes of at least 4 members (excludes halogenated alkanes) is 1. The zero-order valence-electron chi connectivity index (χ0n) is 74.7. The highest BCUT2D eigenvalue weighted by atomic mass is 32.2. The van der Waals surface area contributed by atoms with Crippen LogP contribution in [0.1, 0.15) is 174 Å². The third-order valence-electron chi connectivity index (χ3n) is 22.1. The lowest BCUT2D eigenvalue weighted by molar-refractivity contribution is -0.142. The predicted octanol–water partition coefficient (Wildman–Crippen LogP) is 1.67. The Morgan fingerprint density at radius 1 is 0.450 bits per heavy atom. The standard InChI is InChI=1S/C90H126N10O29S2/c1-8-51(5)63(89(128)96-65(36-56-19-23-62(106)24-20-56)71(109)37-57(32-49(2)3)85(124)94-66(42-81(120)121)70(108)33-50(4)14-12-13-29-91)41-73(111)68(45-102)97-86(125)58(35-55-17-21-61(105)22-18-55)38-72(110)67(43-82(122)123)95-88(127)60(44-101)40-75(113)84(53(7)104)99-87(126)59(34-54-15-10-9-11-16-54)39-74(112)83(52(6)103)98-76(114)27-26-69(107)64(25-28-80(118)119)93-78(116)47-130-46-77(115)92-30-31-100-79(117)48-131-90(100)129/h9-11,15-24,49-53,57-60,63-68,83-84,101-106H,8,12-14,25-48,91H2,1-7H3,(H,92,115)(H,93,116)(H,94,124)(H,95,127)(H,96,128)(H,97,125)(H,98,114)(H,99,126)(H,118,119)(H,120,121)(H,122,123)/t50-,51+,52-,53+,57-,58-,59-,60+,63+,64+,65-,66+,67+,68+,83+,84?/m1/s1. The van der Waals surface area contributed by atoms with Crippen molar-refractivity contribution in [2.45, 2.75) is 231 Å². The number of thioether (sulfide) groups is 2. The second-order valence-corrected chi connectivity index (χ2v) is 35.4. The normalized spacial score (nSPS) is 15.7. The molecule has 10 amide bonds. The number of nitrogens with zero attached hydrogens (tertiary/aromatic N) is 1.